The summed E-state index contributed by atoms with van der Waals surface area (Å²) in [5.74, 6) is -1.98. The van der Waals surface area contributed by atoms with E-state index in [4.69, 9.17) is 4.74 Å². The summed E-state index contributed by atoms with van der Waals surface area (Å²) in [6.07, 6.45) is -11.1. The van der Waals surface area contributed by atoms with Crippen molar-refractivity contribution in [2.75, 3.05) is 18.5 Å². The Balaban J connectivity index is 0.00000288. The second-order valence-corrected chi connectivity index (χ2v) is 5.21. The first kappa shape index (κ1) is 20.8. The van der Waals surface area contributed by atoms with Crippen LogP contribution < -0.4 is 5.32 Å². The molecule has 0 amide bonds. The average Bonchev–Trinajstić information content (AvgIpc) is 2.44. The summed E-state index contributed by atoms with van der Waals surface area (Å²) in [5, 5.41) is 2.57. The second kappa shape index (κ2) is 7.73. The molecule has 1 N–H and O–H groups in total. The fraction of sp³-hybridized carbons (Fsp3) is 0.615. The molecule has 2 heterocycles. The van der Waals surface area contributed by atoms with Crippen molar-refractivity contribution in [1.82, 2.24) is 4.98 Å². The molecule has 1 aromatic rings. The molecule has 0 aliphatic carbocycles. The van der Waals surface area contributed by atoms with Crippen molar-refractivity contribution in [1.29, 1.82) is 0 Å². The normalized spacial score (nSPS) is 22.0. The molecule has 1 aliphatic heterocycles. The molecule has 2 unspecified atom stereocenters. The molecule has 0 spiro atoms. The number of aromatic nitrogens is 1. The quantitative estimate of drug-likeness (QED) is 0.785. The van der Waals surface area contributed by atoms with Crippen LogP contribution in [0.2, 0.25) is 0 Å². The summed E-state index contributed by atoms with van der Waals surface area (Å²) in [7, 11) is 0. The first-order chi connectivity index (χ1) is 10.6. The highest BCUT2D eigenvalue weighted by atomic mass is 35.5. The molecule has 1 fully saturated rings. The molecule has 0 bridgehead atoms. The van der Waals surface area contributed by atoms with Gasteiger partial charge in [-0.05, 0) is 30.9 Å². The number of pyridine rings is 1. The SMILES string of the molecule is Cl.Fc1ccc(NCC2CCC(C(F)(F)F)OC2)nc1C(F)(F)F. The zero-order valence-electron chi connectivity index (χ0n) is 12.0. The van der Waals surface area contributed by atoms with Crippen molar-refractivity contribution in [3.63, 3.8) is 0 Å². The molecule has 0 saturated carbocycles. The maximum absolute atomic E-state index is 13.1. The van der Waals surface area contributed by atoms with Gasteiger partial charge in [0.25, 0.3) is 0 Å². The number of halogens is 8. The standard InChI is InChI=1S/C13H13F7N2O.ClH/c14-8-2-4-10(22-11(8)13(18,19)20)21-5-7-1-3-9(23-6-7)12(15,16)17;/h2,4,7,9H,1,3,5-6H2,(H,21,22);1H. The van der Waals surface area contributed by atoms with Crippen LogP contribution in [0.4, 0.5) is 36.6 Å². The lowest BCUT2D eigenvalue weighted by Crippen LogP contribution is -2.39. The maximum Gasteiger partial charge on any atom is 0.436 e. The van der Waals surface area contributed by atoms with Gasteiger partial charge in [0.1, 0.15) is 5.82 Å². The summed E-state index contributed by atoms with van der Waals surface area (Å²) in [6.45, 7) is -0.0784. The molecule has 1 saturated heterocycles. The number of alkyl halides is 6. The summed E-state index contributed by atoms with van der Waals surface area (Å²) in [6, 6.07) is 1.67. The topological polar surface area (TPSA) is 34.1 Å². The van der Waals surface area contributed by atoms with Crippen molar-refractivity contribution < 1.29 is 35.5 Å². The third kappa shape index (κ3) is 5.37. The van der Waals surface area contributed by atoms with Gasteiger partial charge in [0.15, 0.2) is 17.6 Å². The summed E-state index contributed by atoms with van der Waals surface area (Å²) < 4.78 is 92.6. The molecular formula is C13H14ClF7N2O. The molecule has 1 aliphatic rings. The highest BCUT2D eigenvalue weighted by Crippen LogP contribution is 2.32. The molecule has 1 aromatic heterocycles. The minimum Gasteiger partial charge on any atom is -0.370 e. The van der Waals surface area contributed by atoms with Crippen LogP contribution in [-0.4, -0.2) is 30.4 Å². The van der Waals surface area contributed by atoms with Gasteiger partial charge in [-0.15, -0.1) is 12.4 Å². The van der Waals surface area contributed by atoms with Crippen LogP contribution in [0, 0.1) is 11.7 Å². The van der Waals surface area contributed by atoms with Crippen molar-refractivity contribution in [2.45, 2.75) is 31.3 Å². The number of nitrogens with one attached hydrogen (secondary N) is 1. The molecule has 3 nitrogen and oxygen atoms in total. The van der Waals surface area contributed by atoms with Crippen LogP contribution in [-0.2, 0) is 10.9 Å². The smallest absolute Gasteiger partial charge is 0.370 e. The van der Waals surface area contributed by atoms with E-state index < -0.39 is 30.0 Å². The predicted molar refractivity (Wildman–Crippen MR) is 73.5 cm³/mol. The highest BCUT2D eigenvalue weighted by Gasteiger charge is 2.42. The van der Waals surface area contributed by atoms with Crippen LogP contribution in [0.15, 0.2) is 12.1 Å². The lowest BCUT2D eigenvalue weighted by molar-refractivity contribution is -0.235. The van der Waals surface area contributed by atoms with Gasteiger partial charge in [-0.2, -0.15) is 26.3 Å². The lowest BCUT2D eigenvalue weighted by Gasteiger charge is -2.30. The molecular weight excluding hydrogens is 369 g/mol. The first-order valence-corrected chi connectivity index (χ1v) is 6.73. The lowest BCUT2D eigenvalue weighted by atomic mass is 9.98. The third-order valence-corrected chi connectivity index (χ3v) is 3.42. The van der Waals surface area contributed by atoms with Crippen molar-refractivity contribution in [3.8, 4) is 0 Å². The van der Waals surface area contributed by atoms with Crippen LogP contribution in [0.3, 0.4) is 0 Å². The first-order valence-electron chi connectivity index (χ1n) is 6.73. The monoisotopic (exact) mass is 382 g/mol. The van der Waals surface area contributed by atoms with E-state index in [1.54, 1.807) is 0 Å². The van der Waals surface area contributed by atoms with Gasteiger partial charge >= 0.3 is 12.4 Å². The average molecular weight is 383 g/mol. The van der Waals surface area contributed by atoms with E-state index in [0.717, 1.165) is 6.07 Å². The summed E-state index contributed by atoms with van der Waals surface area (Å²) in [5.41, 5.74) is -1.64. The van der Waals surface area contributed by atoms with E-state index in [9.17, 15) is 30.7 Å². The number of hydrogen-bond acceptors (Lipinski definition) is 3. The van der Waals surface area contributed by atoms with E-state index in [2.05, 4.69) is 10.3 Å². The zero-order chi connectivity index (χ0) is 17.3. The molecule has 24 heavy (non-hydrogen) atoms. The van der Waals surface area contributed by atoms with E-state index in [1.807, 2.05) is 0 Å². The number of rotatable bonds is 3. The Morgan fingerprint density at radius 2 is 1.79 bits per heavy atom. The predicted octanol–water partition coefficient (Wildman–Crippen LogP) is 4.43. The highest BCUT2D eigenvalue weighted by molar-refractivity contribution is 5.85. The number of anilines is 1. The van der Waals surface area contributed by atoms with Crippen LogP contribution in [0.1, 0.15) is 18.5 Å². The van der Waals surface area contributed by atoms with Crippen molar-refractivity contribution >= 4 is 18.2 Å². The van der Waals surface area contributed by atoms with Gasteiger partial charge in [0.05, 0.1) is 6.61 Å². The molecule has 138 valence electrons. The Morgan fingerprint density at radius 3 is 2.29 bits per heavy atom. The van der Waals surface area contributed by atoms with Crippen molar-refractivity contribution in [2.24, 2.45) is 5.92 Å². The minimum atomic E-state index is -4.92. The Morgan fingerprint density at radius 1 is 1.12 bits per heavy atom. The van der Waals surface area contributed by atoms with Gasteiger partial charge in [0, 0.05) is 6.54 Å². The fourth-order valence-corrected chi connectivity index (χ4v) is 2.21. The molecule has 2 atom stereocenters. The minimum absolute atomic E-state index is 0. The van der Waals surface area contributed by atoms with E-state index in [0.29, 0.717) is 6.07 Å². The Labute approximate surface area is 139 Å². The van der Waals surface area contributed by atoms with E-state index >= 15 is 0 Å². The number of nitrogens with zero attached hydrogens (tertiary/aromatic N) is 1. The van der Waals surface area contributed by atoms with Crippen LogP contribution in [0.25, 0.3) is 0 Å². The number of ether oxygens (including phenoxy) is 1. The van der Waals surface area contributed by atoms with Crippen molar-refractivity contribution in [3.05, 3.63) is 23.6 Å². The van der Waals surface area contributed by atoms with Gasteiger partial charge < -0.3 is 10.1 Å². The van der Waals surface area contributed by atoms with Gasteiger partial charge in [0.2, 0.25) is 0 Å². The number of hydrogen-bond donors (Lipinski definition) is 1. The largest absolute Gasteiger partial charge is 0.436 e. The van der Waals surface area contributed by atoms with Gasteiger partial charge in [-0.25, -0.2) is 9.37 Å². The Bertz CT molecular complexity index is 542. The Kier molecular flexibility index (Phi) is 6.68. The molecule has 0 aromatic carbocycles. The second-order valence-electron chi connectivity index (χ2n) is 5.21. The summed E-state index contributed by atoms with van der Waals surface area (Å²) in [4.78, 5) is 3.15. The van der Waals surface area contributed by atoms with Gasteiger partial charge in [-0.1, -0.05) is 0 Å². The molecule has 0 radical (unpaired) electrons. The molecule has 2 rings (SSSR count). The van der Waals surface area contributed by atoms with Crippen LogP contribution >= 0.6 is 12.4 Å². The zero-order valence-corrected chi connectivity index (χ0v) is 12.9. The van der Waals surface area contributed by atoms with E-state index in [1.165, 1.54) is 0 Å². The molecule has 11 heteroatoms. The third-order valence-electron chi connectivity index (χ3n) is 3.42. The summed E-state index contributed by atoms with van der Waals surface area (Å²) >= 11 is 0. The fourth-order valence-electron chi connectivity index (χ4n) is 2.21. The van der Waals surface area contributed by atoms with E-state index in [-0.39, 0.29) is 50.1 Å². The Hall–Kier alpha value is -1.29. The maximum atomic E-state index is 13.1. The van der Waals surface area contributed by atoms with Crippen LogP contribution in [0.5, 0.6) is 0 Å². The van der Waals surface area contributed by atoms with Gasteiger partial charge in [-0.3, -0.25) is 0 Å².